The number of halogens is 1. The van der Waals surface area contributed by atoms with Gasteiger partial charge in [-0.05, 0) is 55.3 Å². The fraction of sp³-hybridized carbons (Fsp3) is 0.276. The molecule has 202 valence electrons. The van der Waals surface area contributed by atoms with Gasteiger partial charge in [0, 0.05) is 47.2 Å². The van der Waals surface area contributed by atoms with Crippen molar-refractivity contribution < 1.29 is 13.9 Å². The van der Waals surface area contributed by atoms with E-state index in [4.69, 9.17) is 9.47 Å². The lowest BCUT2D eigenvalue weighted by molar-refractivity contribution is 0.356. The minimum absolute atomic E-state index is 0.0280. The van der Waals surface area contributed by atoms with Crippen LogP contribution in [0.2, 0.25) is 0 Å². The fourth-order valence-corrected chi connectivity index (χ4v) is 5.58. The van der Waals surface area contributed by atoms with Crippen molar-refractivity contribution in [2.24, 2.45) is 7.05 Å². The number of aryl methyl sites for hydroxylation is 2. The zero-order valence-electron chi connectivity index (χ0n) is 22.6. The van der Waals surface area contributed by atoms with Gasteiger partial charge in [-0.3, -0.25) is 0 Å². The molecule has 0 amide bonds. The summed E-state index contributed by atoms with van der Waals surface area (Å²) in [4.78, 5) is 15.8. The van der Waals surface area contributed by atoms with Crippen molar-refractivity contribution in [2.45, 2.75) is 33.0 Å². The van der Waals surface area contributed by atoms with Gasteiger partial charge in [-0.15, -0.1) is 11.3 Å². The van der Waals surface area contributed by atoms with Crippen LogP contribution in [0.3, 0.4) is 0 Å². The van der Waals surface area contributed by atoms with Gasteiger partial charge < -0.3 is 24.7 Å². The van der Waals surface area contributed by atoms with E-state index in [1.54, 1.807) is 37.8 Å². The summed E-state index contributed by atoms with van der Waals surface area (Å²) in [6, 6.07) is 12.9. The van der Waals surface area contributed by atoms with Gasteiger partial charge in [0.25, 0.3) is 0 Å². The maximum atomic E-state index is 14.2. The zero-order valence-corrected chi connectivity index (χ0v) is 23.4. The lowest BCUT2D eigenvalue weighted by Gasteiger charge is -2.17. The minimum Gasteiger partial charge on any atom is -0.493 e. The Kier molecular flexibility index (Phi) is 7.76. The van der Waals surface area contributed by atoms with Crippen molar-refractivity contribution in [3.63, 3.8) is 0 Å². The molecule has 3 aromatic heterocycles. The van der Waals surface area contributed by atoms with Crippen molar-refractivity contribution in [1.29, 1.82) is 0 Å². The second-order valence-electron chi connectivity index (χ2n) is 9.27. The monoisotopic (exact) mass is 546 g/mol. The first-order valence-electron chi connectivity index (χ1n) is 12.6. The van der Waals surface area contributed by atoms with Crippen LogP contribution >= 0.6 is 11.3 Å². The van der Waals surface area contributed by atoms with Crippen LogP contribution in [-0.4, -0.2) is 33.7 Å². The number of anilines is 1. The summed E-state index contributed by atoms with van der Waals surface area (Å²) in [5.74, 6) is 3.29. The van der Waals surface area contributed by atoms with Gasteiger partial charge in [0.1, 0.15) is 23.3 Å². The highest BCUT2D eigenvalue weighted by atomic mass is 32.1. The minimum atomic E-state index is -0.252. The van der Waals surface area contributed by atoms with Gasteiger partial charge in [-0.1, -0.05) is 6.07 Å². The first kappa shape index (κ1) is 26.6. The van der Waals surface area contributed by atoms with Crippen LogP contribution < -0.4 is 20.1 Å². The molecule has 0 saturated heterocycles. The van der Waals surface area contributed by atoms with Crippen LogP contribution in [0.1, 0.15) is 35.1 Å². The third-order valence-electron chi connectivity index (χ3n) is 6.57. The van der Waals surface area contributed by atoms with E-state index in [0.717, 1.165) is 43.4 Å². The molecule has 2 aromatic carbocycles. The molecule has 0 radical (unpaired) electrons. The molecule has 39 heavy (non-hydrogen) atoms. The molecule has 0 aliphatic rings. The van der Waals surface area contributed by atoms with Crippen LogP contribution in [-0.2, 0) is 20.1 Å². The Bertz CT molecular complexity index is 1620. The Balaban J connectivity index is 1.38. The number of ether oxygens (including phenoxy) is 2. The second kappa shape index (κ2) is 11.4. The Morgan fingerprint density at radius 2 is 1.82 bits per heavy atom. The maximum Gasteiger partial charge on any atom is 0.162 e. The first-order chi connectivity index (χ1) is 18.9. The average molecular weight is 547 g/mol. The van der Waals surface area contributed by atoms with E-state index in [1.165, 1.54) is 6.07 Å². The molecule has 0 aliphatic heterocycles. The quantitative estimate of drug-likeness (QED) is 0.222. The predicted molar refractivity (Wildman–Crippen MR) is 153 cm³/mol. The summed E-state index contributed by atoms with van der Waals surface area (Å²) in [7, 11) is 5.18. The van der Waals surface area contributed by atoms with Gasteiger partial charge in [0.05, 0.1) is 32.3 Å². The number of rotatable bonds is 10. The van der Waals surface area contributed by atoms with Crippen molar-refractivity contribution in [3.05, 3.63) is 82.8 Å². The Labute approximate surface area is 230 Å². The van der Waals surface area contributed by atoms with Crippen molar-refractivity contribution in [3.8, 4) is 21.9 Å². The second-order valence-corrected chi connectivity index (χ2v) is 10.4. The highest BCUT2D eigenvalue weighted by molar-refractivity contribution is 7.15. The smallest absolute Gasteiger partial charge is 0.162 e. The SMILES string of the molecule is COc1cc2nc(C)nc(NC(C)c3ccc(-c4ccc(F)cc4CNCc4nccn4C)s3)c2cc1OC. The molecule has 0 bridgehead atoms. The summed E-state index contributed by atoms with van der Waals surface area (Å²) in [6.07, 6.45) is 3.68. The van der Waals surface area contributed by atoms with Gasteiger partial charge in [-0.2, -0.15) is 0 Å². The summed E-state index contributed by atoms with van der Waals surface area (Å²) >= 11 is 1.67. The Hall–Kier alpha value is -4.02. The number of thiophene rings is 1. The fourth-order valence-electron chi connectivity index (χ4n) is 4.51. The number of nitrogens with one attached hydrogen (secondary N) is 2. The van der Waals surface area contributed by atoms with E-state index in [9.17, 15) is 4.39 Å². The molecule has 0 saturated carbocycles. The molecule has 10 heteroatoms. The van der Waals surface area contributed by atoms with E-state index in [1.807, 2.05) is 42.9 Å². The number of methoxy groups -OCH3 is 2. The van der Waals surface area contributed by atoms with E-state index in [2.05, 4.69) is 44.6 Å². The van der Waals surface area contributed by atoms with Gasteiger partial charge in [-0.25, -0.2) is 19.3 Å². The summed E-state index contributed by atoms with van der Waals surface area (Å²) in [6.45, 7) is 5.09. The van der Waals surface area contributed by atoms with Crippen molar-refractivity contribution in [1.82, 2.24) is 24.8 Å². The van der Waals surface area contributed by atoms with Crippen molar-refractivity contribution >= 4 is 28.1 Å². The summed E-state index contributed by atoms with van der Waals surface area (Å²) < 4.78 is 27.1. The largest absolute Gasteiger partial charge is 0.493 e. The third-order valence-corrected chi connectivity index (χ3v) is 7.87. The lowest BCUT2D eigenvalue weighted by atomic mass is 10.1. The number of benzene rings is 2. The number of hydrogen-bond acceptors (Lipinski definition) is 8. The molecule has 0 aliphatic carbocycles. The van der Waals surface area contributed by atoms with Crippen LogP contribution in [0.25, 0.3) is 21.3 Å². The Morgan fingerprint density at radius 3 is 2.56 bits per heavy atom. The molecule has 3 heterocycles. The highest BCUT2D eigenvalue weighted by Crippen LogP contribution is 2.37. The molecule has 8 nitrogen and oxygen atoms in total. The molecule has 5 aromatic rings. The zero-order chi connectivity index (χ0) is 27.5. The van der Waals surface area contributed by atoms with Crippen LogP contribution in [0.5, 0.6) is 11.5 Å². The average Bonchev–Trinajstić information content (AvgIpc) is 3.57. The standard InChI is InChI=1S/C29H31FN6O2S/c1-17(33-29-22-13-24(37-4)25(38-5)14-23(22)34-18(2)35-29)26-8-9-27(39-26)21-7-6-20(30)12-19(21)15-31-16-28-32-10-11-36(28)3/h6-14,17,31H,15-16H2,1-5H3,(H,33,34,35). The van der Waals surface area contributed by atoms with E-state index in [0.29, 0.717) is 30.4 Å². The number of hydrogen-bond donors (Lipinski definition) is 2. The maximum absolute atomic E-state index is 14.2. The number of nitrogens with zero attached hydrogens (tertiary/aromatic N) is 4. The predicted octanol–water partition coefficient (Wildman–Crippen LogP) is 6.02. The molecular formula is C29H31FN6O2S. The summed E-state index contributed by atoms with van der Waals surface area (Å²) in [5, 5.41) is 7.80. The van der Waals surface area contributed by atoms with Gasteiger partial charge in [0.15, 0.2) is 11.5 Å². The molecular weight excluding hydrogens is 515 g/mol. The van der Waals surface area contributed by atoms with E-state index < -0.39 is 0 Å². The normalized spacial score (nSPS) is 12.1. The molecule has 0 spiro atoms. The number of imidazole rings is 1. The number of aromatic nitrogens is 4. The molecule has 2 N–H and O–H groups in total. The number of fused-ring (bicyclic) bond motifs is 1. The summed E-state index contributed by atoms with van der Waals surface area (Å²) in [5.41, 5.74) is 2.68. The van der Waals surface area contributed by atoms with Gasteiger partial charge in [0.2, 0.25) is 0 Å². The van der Waals surface area contributed by atoms with E-state index >= 15 is 0 Å². The lowest BCUT2D eigenvalue weighted by Crippen LogP contribution is -2.16. The van der Waals surface area contributed by atoms with E-state index in [-0.39, 0.29) is 11.9 Å². The third kappa shape index (κ3) is 5.71. The highest BCUT2D eigenvalue weighted by Gasteiger charge is 2.17. The molecule has 0 fully saturated rings. The molecule has 5 rings (SSSR count). The van der Waals surface area contributed by atoms with Crippen molar-refractivity contribution in [2.75, 3.05) is 19.5 Å². The topological polar surface area (TPSA) is 86.1 Å². The first-order valence-corrected chi connectivity index (χ1v) is 13.4. The van der Waals surface area contributed by atoms with Crippen LogP contribution in [0.4, 0.5) is 10.2 Å². The Morgan fingerprint density at radius 1 is 1.03 bits per heavy atom. The molecule has 1 atom stereocenters. The van der Waals surface area contributed by atoms with Crippen LogP contribution in [0, 0.1) is 12.7 Å². The van der Waals surface area contributed by atoms with Gasteiger partial charge >= 0.3 is 0 Å². The molecule has 1 unspecified atom stereocenters. The van der Waals surface area contributed by atoms with Crippen LogP contribution in [0.15, 0.2) is 54.9 Å².